The Morgan fingerprint density at radius 3 is 2.40 bits per heavy atom. The highest BCUT2D eigenvalue weighted by atomic mass is 16.6. The number of hydrogen-bond acceptors (Lipinski definition) is 4. The molecule has 0 atom stereocenters. The summed E-state index contributed by atoms with van der Waals surface area (Å²) in [7, 11) is 0. The van der Waals surface area contributed by atoms with Gasteiger partial charge in [-0.2, -0.15) is 0 Å². The molecule has 0 aromatic heterocycles. The lowest BCUT2D eigenvalue weighted by molar-refractivity contribution is -0.140. The Morgan fingerprint density at radius 2 is 1.87 bits per heavy atom. The van der Waals surface area contributed by atoms with Crippen LogP contribution in [-0.4, -0.2) is 32.4 Å². The summed E-state index contributed by atoms with van der Waals surface area (Å²) < 4.78 is 15.0. The van der Waals surface area contributed by atoms with E-state index in [9.17, 15) is 4.79 Å². The van der Waals surface area contributed by atoms with Gasteiger partial charge < -0.3 is 14.2 Å². The first-order valence-electron chi connectivity index (χ1n) is 4.78. The molecule has 4 heteroatoms. The summed E-state index contributed by atoms with van der Waals surface area (Å²) in [5.74, 6) is 0.172. The molecule has 0 saturated heterocycles. The van der Waals surface area contributed by atoms with Crippen LogP contribution in [0, 0.1) is 0 Å². The van der Waals surface area contributed by atoms with E-state index in [0.29, 0.717) is 31.2 Å². The Hall–Kier alpha value is -1.29. The standard InChI is InChI=1S/C11H18O4/c1-5-14-10(4)8-13-6-7-15-11(12)9(2)3/h2,4-8H2,1,3H3. The van der Waals surface area contributed by atoms with Crippen LogP contribution in [0.2, 0.25) is 0 Å². The van der Waals surface area contributed by atoms with Gasteiger partial charge >= 0.3 is 5.97 Å². The van der Waals surface area contributed by atoms with Crippen LogP contribution in [0.25, 0.3) is 0 Å². The zero-order valence-corrected chi connectivity index (χ0v) is 9.38. The van der Waals surface area contributed by atoms with Crippen LogP contribution < -0.4 is 0 Å². The third kappa shape index (κ3) is 7.76. The number of esters is 1. The molecule has 0 fully saturated rings. The highest BCUT2D eigenvalue weighted by molar-refractivity contribution is 5.86. The van der Waals surface area contributed by atoms with Crippen LogP contribution in [-0.2, 0) is 19.0 Å². The monoisotopic (exact) mass is 214 g/mol. The van der Waals surface area contributed by atoms with E-state index in [1.807, 2.05) is 6.92 Å². The van der Waals surface area contributed by atoms with Crippen LogP contribution in [0.15, 0.2) is 24.5 Å². The Balaban J connectivity index is 3.36. The van der Waals surface area contributed by atoms with Gasteiger partial charge in [0.25, 0.3) is 0 Å². The molecule has 0 aromatic rings. The lowest BCUT2D eigenvalue weighted by Crippen LogP contribution is -2.12. The Labute approximate surface area is 90.5 Å². The minimum Gasteiger partial charge on any atom is -0.496 e. The van der Waals surface area contributed by atoms with Gasteiger partial charge in [-0.15, -0.1) is 0 Å². The molecule has 0 aliphatic heterocycles. The minimum absolute atomic E-state index is 0.213. The summed E-state index contributed by atoms with van der Waals surface area (Å²) in [6.45, 7) is 12.0. The predicted octanol–water partition coefficient (Wildman–Crippen LogP) is 1.67. The maximum atomic E-state index is 10.9. The zero-order chi connectivity index (χ0) is 11.7. The molecule has 0 spiro atoms. The topological polar surface area (TPSA) is 44.8 Å². The van der Waals surface area contributed by atoms with E-state index in [0.717, 1.165) is 0 Å². The lowest BCUT2D eigenvalue weighted by Gasteiger charge is -2.08. The van der Waals surface area contributed by atoms with Gasteiger partial charge in [0.1, 0.15) is 19.0 Å². The van der Waals surface area contributed by atoms with Gasteiger partial charge in [-0.1, -0.05) is 13.2 Å². The fraction of sp³-hybridized carbons (Fsp3) is 0.545. The first-order chi connectivity index (χ1) is 7.07. The third-order valence-electron chi connectivity index (χ3n) is 1.42. The van der Waals surface area contributed by atoms with Gasteiger partial charge in [0.2, 0.25) is 0 Å². The van der Waals surface area contributed by atoms with Crippen molar-refractivity contribution in [3.63, 3.8) is 0 Å². The average Bonchev–Trinajstić information content (AvgIpc) is 2.17. The second-order valence-electron chi connectivity index (χ2n) is 2.94. The second kappa shape index (κ2) is 8.05. The number of ether oxygens (including phenoxy) is 3. The number of hydrogen-bond donors (Lipinski definition) is 0. The first kappa shape index (κ1) is 13.7. The van der Waals surface area contributed by atoms with Gasteiger partial charge in [0.15, 0.2) is 0 Å². The van der Waals surface area contributed by atoms with E-state index in [1.54, 1.807) is 6.92 Å². The van der Waals surface area contributed by atoms with Crippen molar-refractivity contribution >= 4 is 5.97 Å². The van der Waals surface area contributed by atoms with Crippen molar-refractivity contribution in [2.24, 2.45) is 0 Å². The summed E-state index contributed by atoms with van der Waals surface area (Å²) in [5.41, 5.74) is 0.383. The fourth-order valence-electron chi connectivity index (χ4n) is 0.748. The van der Waals surface area contributed by atoms with E-state index in [-0.39, 0.29) is 6.61 Å². The Bertz CT molecular complexity index is 233. The number of carbonyl (C=O) groups excluding carboxylic acids is 1. The van der Waals surface area contributed by atoms with Crippen molar-refractivity contribution in [3.05, 3.63) is 24.5 Å². The highest BCUT2D eigenvalue weighted by Gasteiger charge is 2.02. The number of rotatable bonds is 8. The smallest absolute Gasteiger partial charge is 0.333 e. The van der Waals surface area contributed by atoms with Gasteiger partial charge in [-0.3, -0.25) is 0 Å². The van der Waals surface area contributed by atoms with E-state index in [2.05, 4.69) is 13.2 Å². The molecule has 0 aliphatic carbocycles. The highest BCUT2D eigenvalue weighted by Crippen LogP contribution is 1.95. The van der Waals surface area contributed by atoms with Crippen LogP contribution in [0.5, 0.6) is 0 Å². The molecule has 0 N–H and O–H groups in total. The predicted molar refractivity (Wildman–Crippen MR) is 57.4 cm³/mol. The van der Waals surface area contributed by atoms with Gasteiger partial charge in [0.05, 0.1) is 13.2 Å². The van der Waals surface area contributed by atoms with Gasteiger partial charge in [-0.25, -0.2) is 4.79 Å². The fourth-order valence-corrected chi connectivity index (χ4v) is 0.748. The molecule has 15 heavy (non-hydrogen) atoms. The Morgan fingerprint density at radius 1 is 1.20 bits per heavy atom. The molecule has 86 valence electrons. The van der Waals surface area contributed by atoms with Crippen molar-refractivity contribution in [2.45, 2.75) is 13.8 Å². The van der Waals surface area contributed by atoms with Crippen LogP contribution >= 0.6 is 0 Å². The molecule has 0 saturated carbocycles. The maximum Gasteiger partial charge on any atom is 0.333 e. The summed E-state index contributed by atoms with van der Waals surface area (Å²) >= 11 is 0. The van der Waals surface area contributed by atoms with Crippen molar-refractivity contribution in [3.8, 4) is 0 Å². The molecule has 0 unspecified atom stereocenters. The summed E-state index contributed by atoms with van der Waals surface area (Å²) in [4.78, 5) is 10.9. The first-order valence-corrected chi connectivity index (χ1v) is 4.78. The van der Waals surface area contributed by atoms with E-state index in [4.69, 9.17) is 14.2 Å². The summed E-state index contributed by atoms with van der Waals surface area (Å²) in [5, 5.41) is 0. The van der Waals surface area contributed by atoms with Crippen molar-refractivity contribution in [1.29, 1.82) is 0 Å². The molecular weight excluding hydrogens is 196 g/mol. The summed E-state index contributed by atoms with van der Waals surface area (Å²) in [6, 6.07) is 0. The second-order valence-corrected chi connectivity index (χ2v) is 2.94. The van der Waals surface area contributed by atoms with Crippen molar-refractivity contribution < 1.29 is 19.0 Å². The molecule has 0 radical (unpaired) electrons. The van der Waals surface area contributed by atoms with Gasteiger partial charge in [-0.05, 0) is 13.8 Å². The molecule has 0 amide bonds. The van der Waals surface area contributed by atoms with E-state index < -0.39 is 5.97 Å². The van der Waals surface area contributed by atoms with E-state index in [1.165, 1.54) is 0 Å². The molecule has 0 bridgehead atoms. The average molecular weight is 214 g/mol. The molecule has 0 aromatic carbocycles. The quantitative estimate of drug-likeness (QED) is 0.267. The molecule has 0 aliphatic rings. The van der Waals surface area contributed by atoms with Gasteiger partial charge in [0, 0.05) is 5.57 Å². The van der Waals surface area contributed by atoms with Crippen molar-refractivity contribution in [1.82, 2.24) is 0 Å². The normalized spacial score (nSPS) is 9.47. The van der Waals surface area contributed by atoms with Crippen molar-refractivity contribution in [2.75, 3.05) is 26.4 Å². The lowest BCUT2D eigenvalue weighted by atomic mass is 10.4. The Kier molecular flexibility index (Phi) is 7.36. The summed E-state index contributed by atoms with van der Waals surface area (Å²) in [6.07, 6.45) is 0. The third-order valence-corrected chi connectivity index (χ3v) is 1.42. The largest absolute Gasteiger partial charge is 0.496 e. The SMILES string of the molecule is C=C(COCCOC(=O)C(=C)C)OCC. The van der Waals surface area contributed by atoms with Crippen LogP contribution in [0.1, 0.15) is 13.8 Å². The number of carbonyl (C=O) groups is 1. The molecule has 4 nitrogen and oxygen atoms in total. The van der Waals surface area contributed by atoms with E-state index >= 15 is 0 Å². The molecule has 0 rings (SSSR count). The zero-order valence-electron chi connectivity index (χ0n) is 9.38. The van der Waals surface area contributed by atoms with Crippen LogP contribution in [0.3, 0.4) is 0 Å². The van der Waals surface area contributed by atoms with Crippen LogP contribution in [0.4, 0.5) is 0 Å². The maximum absolute atomic E-state index is 10.9. The minimum atomic E-state index is -0.401. The molecule has 0 heterocycles. The molecular formula is C11H18O4.